The summed E-state index contributed by atoms with van der Waals surface area (Å²) in [7, 11) is 3.62. The summed E-state index contributed by atoms with van der Waals surface area (Å²) in [6.45, 7) is 6.10. The van der Waals surface area contributed by atoms with Gasteiger partial charge in [-0.1, -0.05) is 120 Å². The maximum atomic E-state index is 15.6. The summed E-state index contributed by atoms with van der Waals surface area (Å²) in [5, 5.41) is 55.7. The number of hydrogen-bond donors (Lipinski definition) is 14. The van der Waals surface area contributed by atoms with E-state index in [0.29, 0.717) is 64.3 Å². The molecule has 6 aromatic rings. The highest BCUT2D eigenvalue weighted by Gasteiger charge is 2.46. The van der Waals surface area contributed by atoms with Gasteiger partial charge in [-0.25, -0.2) is 17.6 Å². The number of phenolic OH excluding ortho intramolecular Hbond substituents is 1. The third-order valence-corrected chi connectivity index (χ3v) is 24.6. The van der Waals surface area contributed by atoms with Gasteiger partial charge in [0, 0.05) is 89.2 Å². The van der Waals surface area contributed by atoms with E-state index in [1.54, 1.807) is 95.4 Å². The lowest BCUT2D eigenvalue weighted by Gasteiger charge is -2.38. The third-order valence-electron chi connectivity index (χ3n) is 23.5. The standard InChI is InChI=1S/C92H116F4N16O19S/c1-9-10-23-72-91(130)112-35-18-25-71(112)86(125)105-68(47-113)84(123)107-79(51(4)5)92(131)109(7)73(41-52-19-12-11-13-20-52)87(126)104-67(44-77(117)118)89(128)111-34-17-16-24-70(111)85(124)103-65(43-56-45-98-62-22-15-14-21-59(56)62)83(122)102-64(39-53-28-32-58(114)33-29-53)82(121)101-63(36-50(2)3)81(120)106-69(80(119)99-46-75(97)115)48-132-49-76(116)100-66(40-55-37-60(94)78(96)61(95)38-55)88(127)110(8)74(90(129)108(72)6)42-54-26-30-57(93)31-27-54/h11-15,19-22,26-33,37-38,45,50-51,63-74,79,98,113-114H,9-10,16-18,23-25,34-36,39-44,46-49H2,1-8H3,(H2,97,115)(H,99,119)(H,100,116)(H,101,121)(H,102,122)(H,103,124)(H,104,126)(H,105,125)(H,106,120)(H,107,123)(H,117,118)/t63-,64-,65-,66-,67-,68-,69-,70+,71+,72-,73-,74-,79-/m0/s1. The Bertz CT molecular complexity index is 5130. The quantitative estimate of drug-likeness (QED) is 0.0343. The lowest BCUT2D eigenvalue weighted by atomic mass is 9.97. The number of likely N-dealkylation sites (N-methyl/N-ethyl adjacent to an activating group) is 3. The first-order chi connectivity index (χ1) is 62.7. The second kappa shape index (κ2) is 48.2. The van der Waals surface area contributed by atoms with Crippen LogP contribution in [-0.4, -0.2) is 277 Å². The van der Waals surface area contributed by atoms with E-state index < -0.39 is 258 Å². The molecule has 9 rings (SSSR count). The Morgan fingerprint density at radius 3 is 1.69 bits per heavy atom. The number of carbonyl (C=O) groups is 16. The summed E-state index contributed by atoms with van der Waals surface area (Å²) in [5.41, 5.74) is 7.16. The Hall–Kier alpha value is -13.0. The number of nitrogens with two attached hydrogens (primary N) is 1. The van der Waals surface area contributed by atoms with Crippen molar-refractivity contribution in [1.82, 2.24) is 77.3 Å². The minimum Gasteiger partial charge on any atom is -0.508 e. The molecule has 3 saturated heterocycles. The highest BCUT2D eigenvalue weighted by Crippen LogP contribution is 2.29. The number of nitrogens with zero attached hydrogens (tertiary/aromatic N) is 5. The topological polar surface area (TPSA) is 500 Å². The highest BCUT2D eigenvalue weighted by atomic mass is 32.2. The monoisotopic (exact) mass is 1860 g/mol. The summed E-state index contributed by atoms with van der Waals surface area (Å²) in [6, 6.07) is 5.02. The molecule has 5 aromatic carbocycles. The number of H-pyrrole nitrogens is 1. The molecule has 3 aliphatic heterocycles. The molecule has 0 aliphatic carbocycles. The second-order valence-corrected chi connectivity index (χ2v) is 35.2. The fraction of sp³-hybridized carbons (Fsp3) is 0.478. The number of benzene rings is 5. The van der Waals surface area contributed by atoms with Crippen molar-refractivity contribution in [3.8, 4) is 5.75 Å². The number of aliphatic carboxylic acids is 1. The molecule has 0 radical (unpaired) electrons. The van der Waals surface area contributed by atoms with Crippen LogP contribution >= 0.6 is 11.8 Å². The van der Waals surface area contributed by atoms with Gasteiger partial charge in [-0.3, -0.25) is 76.7 Å². The number of rotatable bonds is 22. The molecule has 3 aliphatic rings. The van der Waals surface area contributed by atoms with Crippen LogP contribution < -0.4 is 53.6 Å². The number of para-hydroxylation sites is 1. The van der Waals surface area contributed by atoms with Crippen molar-refractivity contribution in [2.75, 3.05) is 58.9 Å². The molecule has 13 atom stereocenters. The molecular formula is C92H116F4N16O19S. The number of unbranched alkanes of at least 4 members (excludes halogenated alkanes) is 1. The average molecular weight is 1860 g/mol. The number of carboxylic acid groups (broad SMARTS) is 1. The normalized spacial score (nSPS) is 23.8. The third kappa shape index (κ3) is 28.0. The van der Waals surface area contributed by atoms with E-state index in [4.69, 9.17) is 5.73 Å². The predicted molar refractivity (Wildman–Crippen MR) is 476 cm³/mol. The molecular weight excluding hydrogens is 1740 g/mol. The zero-order chi connectivity index (χ0) is 96.5. The molecule has 35 nitrogen and oxygen atoms in total. The van der Waals surface area contributed by atoms with Gasteiger partial charge < -0.3 is 98.4 Å². The molecule has 1 aromatic heterocycles. The minimum atomic E-state index is -1.95. The van der Waals surface area contributed by atoms with Gasteiger partial charge >= 0.3 is 5.97 Å². The number of fused-ring (bicyclic) bond motifs is 3. The molecule has 0 spiro atoms. The number of phenols is 1. The summed E-state index contributed by atoms with van der Waals surface area (Å²) in [5.74, 6) is -25.4. The number of aliphatic hydroxyl groups is 1. The average Bonchev–Trinajstić information content (AvgIpc) is 1.45. The van der Waals surface area contributed by atoms with Crippen molar-refractivity contribution in [3.63, 3.8) is 0 Å². The lowest BCUT2D eigenvalue weighted by molar-refractivity contribution is -0.152. The number of piperidine rings is 1. The van der Waals surface area contributed by atoms with Crippen LogP contribution in [0.3, 0.4) is 0 Å². The fourth-order valence-electron chi connectivity index (χ4n) is 16.3. The number of aromatic hydroxyl groups is 1. The number of thioether (sulfide) groups is 1. The molecule has 0 bridgehead atoms. The molecule has 4 heterocycles. The van der Waals surface area contributed by atoms with Gasteiger partial charge in [0.25, 0.3) is 0 Å². The molecule has 15 amide bonds. The van der Waals surface area contributed by atoms with E-state index in [1.807, 2.05) is 0 Å². The number of amides is 15. The predicted octanol–water partition coefficient (Wildman–Crippen LogP) is 2.38. The van der Waals surface area contributed by atoms with Crippen LogP contribution in [-0.2, 0) is 109 Å². The van der Waals surface area contributed by atoms with Gasteiger partial charge in [0.05, 0.1) is 25.3 Å². The maximum Gasteiger partial charge on any atom is 0.305 e. The molecule has 15 N–H and O–H groups in total. The van der Waals surface area contributed by atoms with E-state index in [1.165, 1.54) is 55.4 Å². The molecule has 0 saturated carbocycles. The van der Waals surface area contributed by atoms with Crippen molar-refractivity contribution in [1.29, 1.82) is 0 Å². The van der Waals surface area contributed by atoms with Crippen LogP contribution in [0.4, 0.5) is 17.6 Å². The molecule has 712 valence electrons. The van der Waals surface area contributed by atoms with Crippen molar-refractivity contribution in [2.24, 2.45) is 17.6 Å². The Morgan fingerprint density at radius 1 is 0.530 bits per heavy atom. The summed E-state index contributed by atoms with van der Waals surface area (Å²) >= 11 is 0.648. The van der Waals surface area contributed by atoms with E-state index in [9.17, 15) is 57.7 Å². The SMILES string of the molecule is CCCC[C@H]1C(=O)N2CCC[C@@H]2C(=O)N[C@@H](CO)C(=O)N[C@@H](C(C)C)C(=O)N(C)[C@@H](Cc2ccccc2)C(=O)N[C@@H](CC(=O)O)C(=O)N2CCCC[C@@H]2C(=O)N[C@@H](Cc2c[nH]c3ccccc23)C(=O)N[C@@H](Cc2ccc(O)cc2)C(=O)N[C@@H](CC(C)C)C(=O)N[C@H](C(=O)NCC(N)=O)CSCC(=O)N[C@@H](Cc2cc(F)c(F)c(F)c2)C(=O)N(C)[C@@H](Cc2ccc(F)cc2)C(=O)N1C. The first-order valence-corrected chi connectivity index (χ1v) is 45.0. The number of primary amides is 1. The molecule has 132 heavy (non-hydrogen) atoms. The second-order valence-electron chi connectivity index (χ2n) is 34.1. The number of aliphatic hydroxyl groups excluding tert-OH is 1. The zero-order valence-electron chi connectivity index (χ0n) is 74.7. The van der Waals surface area contributed by atoms with E-state index in [2.05, 4.69) is 52.8 Å². The van der Waals surface area contributed by atoms with Crippen LogP contribution in [0.2, 0.25) is 0 Å². The van der Waals surface area contributed by atoms with Crippen LogP contribution in [0.25, 0.3) is 10.9 Å². The van der Waals surface area contributed by atoms with Crippen LogP contribution in [0.15, 0.2) is 121 Å². The van der Waals surface area contributed by atoms with Gasteiger partial charge in [0.2, 0.25) is 88.6 Å². The molecule has 40 heteroatoms. The Labute approximate surface area is 764 Å². The number of carbonyl (C=O) groups excluding carboxylic acids is 15. The lowest BCUT2D eigenvalue weighted by Crippen LogP contribution is -2.63. The van der Waals surface area contributed by atoms with Crippen molar-refractivity contribution < 1.29 is 110 Å². The number of aromatic nitrogens is 1. The molecule has 3 fully saturated rings. The van der Waals surface area contributed by atoms with Gasteiger partial charge in [-0.05, 0) is 127 Å². The van der Waals surface area contributed by atoms with Crippen molar-refractivity contribution in [3.05, 3.63) is 173 Å². The van der Waals surface area contributed by atoms with Crippen LogP contribution in [0.1, 0.15) is 127 Å². The molecule has 0 unspecified atom stereocenters. The Kier molecular flexibility index (Phi) is 37.5. The van der Waals surface area contributed by atoms with E-state index in [0.717, 1.165) is 38.8 Å². The minimum absolute atomic E-state index is 0.0224. The number of nitrogens with one attached hydrogen (secondary N) is 10. The number of hydrogen-bond acceptors (Lipinski definition) is 19. The zero-order valence-corrected chi connectivity index (χ0v) is 75.5. The van der Waals surface area contributed by atoms with Gasteiger partial charge in [-0.2, -0.15) is 0 Å². The summed E-state index contributed by atoms with van der Waals surface area (Å²) in [6.07, 6.45) is -0.571. The first kappa shape index (κ1) is 103. The largest absolute Gasteiger partial charge is 0.508 e. The number of halogens is 4. The highest BCUT2D eigenvalue weighted by molar-refractivity contribution is 8.00. The Morgan fingerprint density at radius 2 is 1.06 bits per heavy atom. The number of aromatic amines is 1. The van der Waals surface area contributed by atoms with Crippen molar-refractivity contribution >= 4 is 117 Å². The fourth-order valence-corrected chi connectivity index (χ4v) is 17.2. The summed E-state index contributed by atoms with van der Waals surface area (Å²) in [4.78, 5) is 245. The van der Waals surface area contributed by atoms with E-state index in [-0.39, 0.29) is 88.6 Å². The van der Waals surface area contributed by atoms with Crippen LogP contribution in [0, 0.1) is 35.1 Å². The maximum absolute atomic E-state index is 15.6. The van der Waals surface area contributed by atoms with E-state index >= 15 is 51.9 Å². The number of carboxylic acids is 1. The van der Waals surface area contributed by atoms with Crippen LogP contribution in [0.5, 0.6) is 5.75 Å². The van der Waals surface area contributed by atoms with Crippen molar-refractivity contribution in [2.45, 2.75) is 209 Å². The summed E-state index contributed by atoms with van der Waals surface area (Å²) < 4.78 is 59.7. The first-order valence-electron chi connectivity index (χ1n) is 43.8. The van der Waals surface area contributed by atoms with Gasteiger partial charge in [0.15, 0.2) is 17.5 Å². The van der Waals surface area contributed by atoms with Gasteiger partial charge in [0.1, 0.15) is 90.1 Å². The Balaban J connectivity index is 1.13. The smallest absolute Gasteiger partial charge is 0.305 e. The van der Waals surface area contributed by atoms with Gasteiger partial charge in [-0.15, -0.1) is 11.8 Å².